The molecule has 4 heteroatoms. The SMILES string of the molecule is COC=C(C(=O)c1ccccc1)c1ccccc1C(=O)Cl. The average Bonchev–Trinajstić information content (AvgIpc) is 2.53. The first-order valence-electron chi connectivity index (χ1n) is 6.27. The third kappa shape index (κ3) is 3.38. The highest BCUT2D eigenvalue weighted by atomic mass is 35.5. The number of ketones is 1. The highest BCUT2D eigenvalue weighted by Crippen LogP contribution is 2.24. The highest BCUT2D eigenvalue weighted by Gasteiger charge is 2.19. The van der Waals surface area contributed by atoms with Gasteiger partial charge in [-0.15, -0.1) is 0 Å². The summed E-state index contributed by atoms with van der Waals surface area (Å²) in [6.07, 6.45) is 1.33. The van der Waals surface area contributed by atoms with Crippen molar-refractivity contribution in [3.63, 3.8) is 0 Å². The van der Waals surface area contributed by atoms with Crippen molar-refractivity contribution >= 4 is 28.2 Å². The Morgan fingerprint density at radius 3 is 2.10 bits per heavy atom. The van der Waals surface area contributed by atoms with E-state index in [4.69, 9.17) is 16.3 Å². The van der Waals surface area contributed by atoms with Crippen molar-refractivity contribution in [2.75, 3.05) is 7.11 Å². The molecule has 106 valence electrons. The molecular formula is C17H13ClO3. The summed E-state index contributed by atoms with van der Waals surface area (Å²) < 4.78 is 5.00. The molecule has 0 aromatic heterocycles. The van der Waals surface area contributed by atoms with Crippen LogP contribution in [-0.2, 0) is 4.74 Å². The molecule has 2 aromatic carbocycles. The molecule has 0 aliphatic carbocycles. The van der Waals surface area contributed by atoms with Crippen LogP contribution in [0, 0.1) is 0 Å². The van der Waals surface area contributed by atoms with E-state index in [0.717, 1.165) is 0 Å². The smallest absolute Gasteiger partial charge is 0.253 e. The highest BCUT2D eigenvalue weighted by molar-refractivity contribution is 6.68. The summed E-state index contributed by atoms with van der Waals surface area (Å²) >= 11 is 5.59. The third-order valence-electron chi connectivity index (χ3n) is 2.95. The zero-order chi connectivity index (χ0) is 15.2. The van der Waals surface area contributed by atoms with Crippen molar-refractivity contribution in [1.29, 1.82) is 0 Å². The fourth-order valence-electron chi connectivity index (χ4n) is 1.99. The number of Topliss-reactive ketones (excluding diaryl/α,β-unsaturated/α-hetero) is 1. The van der Waals surface area contributed by atoms with E-state index in [1.807, 2.05) is 6.07 Å². The molecule has 21 heavy (non-hydrogen) atoms. The molecule has 2 aromatic rings. The van der Waals surface area contributed by atoms with E-state index < -0.39 is 5.24 Å². The summed E-state index contributed by atoms with van der Waals surface area (Å²) in [5, 5.41) is -0.617. The monoisotopic (exact) mass is 300 g/mol. The van der Waals surface area contributed by atoms with Crippen molar-refractivity contribution in [3.8, 4) is 0 Å². The minimum atomic E-state index is -0.617. The van der Waals surface area contributed by atoms with Gasteiger partial charge in [-0.05, 0) is 17.7 Å². The van der Waals surface area contributed by atoms with E-state index in [-0.39, 0.29) is 16.9 Å². The van der Waals surface area contributed by atoms with Gasteiger partial charge in [-0.2, -0.15) is 0 Å². The van der Waals surface area contributed by atoms with Gasteiger partial charge >= 0.3 is 0 Å². The van der Waals surface area contributed by atoms with Crippen LogP contribution in [0.2, 0.25) is 0 Å². The fourth-order valence-corrected chi connectivity index (χ4v) is 2.16. The van der Waals surface area contributed by atoms with Crippen LogP contribution in [0.1, 0.15) is 26.3 Å². The lowest BCUT2D eigenvalue weighted by Crippen LogP contribution is -2.07. The predicted octanol–water partition coefficient (Wildman–Crippen LogP) is 3.94. The summed E-state index contributed by atoms with van der Waals surface area (Å²) in [4.78, 5) is 24.1. The van der Waals surface area contributed by atoms with Crippen LogP contribution in [0.4, 0.5) is 0 Å². The van der Waals surface area contributed by atoms with Gasteiger partial charge in [0.05, 0.1) is 18.9 Å². The quantitative estimate of drug-likeness (QED) is 0.363. The second-order valence-corrected chi connectivity index (χ2v) is 4.62. The number of carbonyl (C=O) groups excluding carboxylic acids is 2. The van der Waals surface area contributed by atoms with Crippen LogP contribution in [0.5, 0.6) is 0 Å². The molecule has 0 fully saturated rings. The molecule has 0 aliphatic heterocycles. The lowest BCUT2D eigenvalue weighted by Gasteiger charge is -2.10. The Morgan fingerprint density at radius 2 is 1.52 bits per heavy atom. The van der Waals surface area contributed by atoms with Gasteiger partial charge in [-0.3, -0.25) is 9.59 Å². The molecule has 0 heterocycles. The Kier molecular flexibility index (Phi) is 4.90. The Hall–Kier alpha value is -2.39. The largest absolute Gasteiger partial charge is 0.504 e. The van der Waals surface area contributed by atoms with Gasteiger partial charge in [0.1, 0.15) is 0 Å². The molecule has 3 nitrogen and oxygen atoms in total. The molecule has 0 bridgehead atoms. The van der Waals surface area contributed by atoms with Crippen molar-refractivity contribution in [3.05, 3.63) is 77.5 Å². The van der Waals surface area contributed by atoms with E-state index >= 15 is 0 Å². The topological polar surface area (TPSA) is 43.4 Å². The Balaban J connectivity index is 2.54. The molecule has 0 radical (unpaired) electrons. The van der Waals surface area contributed by atoms with Crippen LogP contribution in [-0.4, -0.2) is 18.1 Å². The molecule has 0 unspecified atom stereocenters. The van der Waals surface area contributed by atoms with Crippen LogP contribution in [0.25, 0.3) is 5.57 Å². The van der Waals surface area contributed by atoms with Crippen molar-refractivity contribution in [2.45, 2.75) is 0 Å². The summed E-state index contributed by atoms with van der Waals surface area (Å²) in [6, 6.07) is 15.5. The van der Waals surface area contributed by atoms with E-state index in [1.165, 1.54) is 13.4 Å². The van der Waals surface area contributed by atoms with Crippen LogP contribution >= 0.6 is 11.6 Å². The molecule has 0 N–H and O–H groups in total. The number of rotatable bonds is 5. The first-order chi connectivity index (χ1) is 10.1. The number of hydrogen-bond acceptors (Lipinski definition) is 3. The maximum Gasteiger partial charge on any atom is 0.253 e. The summed E-state index contributed by atoms with van der Waals surface area (Å²) in [7, 11) is 1.45. The standard InChI is InChI=1S/C17H13ClO3/c1-21-11-15(16(19)12-7-3-2-4-8-12)13-9-5-6-10-14(13)17(18)20/h2-11H,1H3. The van der Waals surface area contributed by atoms with Gasteiger partial charge in [0.15, 0.2) is 5.78 Å². The van der Waals surface area contributed by atoms with Crippen LogP contribution < -0.4 is 0 Å². The number of allylic oxidation sites excluding steroid dienone is 1. The summed E-state index contributed by atoms with van der Waals surface area (Å²) in [5.74, 6) is -0.234. The summed E-state index contributed by atoms with van der Waals surface area (Å²) in [5.41, 5.74) is 1.52. The first-order valence-corrected chi connectivity index (χ1v) is 6.65. The minimum absolute atomic E-state index is 0.234. The normalized spacial score (nSPS) is 11.0. The van der Waals surface area contributed by atoms with Gasteiger partial charge in [0, 0.05) is 16.7 Å². The van der Waals surface area contributed by atoms with Gasteiger partial charge in [-0.25, -0.2) is 0 Å². The number of hydrogen-bond donors (Lipinski definition) is 0. The van der Waals surface area contributed by atoms with Gasteiger partial charge in [-0.1, -0.05) is 48.5 Å². The Bertz CT molecular complexity index is 690. The van der Waals surface area contributed by atoms with Gasteiger partial charge in [0.2, 0.25) is 0 Å². The van der Waals surface area contributed by atoms with Gasteiger partial charge < -0.3 is 4.74 Å². The van der Waals surface area contributed by atoms with Crippen LogP contribution in [0.3, 0.4) is 0 Å². The predicted molar refractivity (Wildman–Crippen MR) is 82.4 cm³/mol. The number of ether oxygens (including phenoxy) is 1. The number of methoxy groups -OCH3 is 1. The van der Waals surface area contributed by atoms with Crippen molar-refractivity contribution in [1.82, 2.24) is 0 Å². The van der Waals surface area contributed by atoms with E-state index in [0.29, 0.717) is 11.1 Å². The Labute approximate surface area is 127 Å². The van der Waals surface area contributed by atoms with E-state index in [1.54, 1.807) is 48.5 Å². The third-order valence-corrected chi connectivity index (χ3v) is 3.15. The van der Waals surface area contributed by atoms with E-state index in [2.05, 4.69) is 0 Å². The molecule has 0 amide bonds. The van der Waals surface area contributed by atoms with E-state index in [9.17, 15) is 9.59 Å². The van der Waals surface area contributed by atoms with Crippen LogP contribution in [0.15, 0.2) is 60.9 Å². The lowest BCUT2D eigenvalue weighted by molar-refractivity contribution is 0.105. The molecule has 0 spiro atoms. The maximum absolute atomic E-state index is 12.6. The van der Waals surface area contributed by atoms with Gasteiger partial charge in [0.25, 0.3) is 5.24 Å². The molecule has 0 atom stereocenters. The first kappa shape index (κ1) is 15.0. The van der Waals surface area contributed by atoms with Crippen molar-refractivity contribution < 1.29 is 14.3 Å². The molecule has 0 aliphatic rings. The Morgan fingerprint density at radius 1 is 0.952 bits per heavy atom. The zero-order valence-corrected chi connectivity index (χ0v) is 12.1. The lowest BCUT2D eigenvalue weighted by atomic mass is 9.94. The average molecular weight is 301 g/mol. The molecule has 0 saturated heterocycles. The molecular weight excluding hydrogens is 288 g/mol. The molecule has 2 rings (SSSR count). The number of carbonyl (C=O) groups is 2. The van der Waals surface area contributed by atoms with Crippen molar-refractivity contribution in [2.24, 2.45) is 0 Å². The minimum Gasteiger partial charge on any atom is -0.504 e. The number of halogens is 1. The number of benzene rings is 2. The molecule has 0 saturated carbocycles. The zero-order valence-electron chi connectivity index (χ0n) is 11.4. The maximum atomic E-state index is 12.6. The second-order valence-electron chi connectivity index (χ2n) is 4.28. The second kappa shape index (κ2) is 6.86. The fraction of sp³-hybridized carbons (Fsp3) is 0.0588. The summed E-state index contributed by atoms with van der Waals surface area (Å²) in [6.45, 7) is 0.